The standard InChI is InChI=1S/C24H22N2O3S/c1-16-12-13-21(29-2)20(14-16)26-22(27)15-30-24(26)18-10-6-7-11-19(18)25-23(28)17-8-4-3-5-9-17/h3-14,24H,15H2,1-2H3,(H,25,28). The Kier molecular flexibility index (Phi) is 5.77. The summed E-state index contributed by atoms with van der Waals surface area (Å²) in [4.78, 5) is 27.3. The number of ether oxygens (including phenoxy) is 1. The number of methoxy groups -OCH3 is 1. The number of hydrogen-bond acceptors (Lipinski definition) is 4. The number of benzene rings is 3. The molecule has 1 N–H and O–H groups in total. The minimum absolute atomic E-state index is 0.0121. The monoisotopic (exact) mass is 418 g/mol. The smallest absolute Gasteiger partial charge is 0.255 e. The molecule has 2 amide bonds. The maximum Gasteiger partial charge on any atom is 0.255 e. The van der Waals surface area contributed by atoms with Gasteiger partial charge < -0.3 is 10.1 Å². The molecular weight excluding hydrogens is 396 g/mol. The number of thioether (sulfide) groups is 1. The lowest BCUT2D eigenvalue weighted by Crippen LogP contribution is -2.29. The van der Waals surface area contributed by atoms with Gasteiger partial charge in [-0.15, -0.1) is 11.8 Å². The van der Waals surface area contributed by atoms with E-state index in [9.17, 15) is 9.59 Å². The third-order valence-corrected chi connectivity index (χ3v) is 6.17. The van der Waals surface area contributed by atoms with Gasteiger partial charge in [-0.25, -0.2) is 0 Å². The van der Waals surface area contributed by atoms with Crippen molar-refractivity contribution in [2.24, 2.45) is 0 Å². The first-order valence-corrected chi connectivity index (χ1v) is 10.7. The van der Waals surface area contributed by atoms with E-state index in [-0.39, 0.29) is 17.2 Å². The van der Waals surface area contributed by atoms with Gasteiger partial charge in [0, 0.05) is 16.8 Å². The largest absolute Gasteiger partial charge is 0.495 e. The highest BCUT2D eigenvalue weighted by atomic mass is 32.2. The molecule has 1 aliphatic rings. The molecule has 0 aromatic heterocycles. The van der Waals surface area contributed by atoms with Gasteiger partial charge in [0.15, 0.2) is 0 Å². The van der Waals surface area contributed by atoms with Crippen LogP contribution in [0.15, 0.2) is 72.8 Å². The highest BCUT2D eigenvalue weighted by Crippen LogP contribution is 2.46. The number of hydrogen-bond donors (Lipinski definition) is 1. The van der Waals surface area contributed by atoms with Gasteiger partial charge >= 0.3 is 0 Å². The quantitative estimate of drug-likeness (QED) is 0.631. The summed E-state index contributed by atoms with van der Waals surface area (Å²) in [6.07, 6.45) is 0. The molecule has 0 spiro atoms. The van der Waals surface area contributed by atoms with Crippen molar-refractivity contribution in [1.29, 1.82) is 0 Å². The van der Waals surface area contributed by atoms with E-state index >= 15 is 0 Å². The van der Waals surface area contributed by atoms with Crippen LogP contribution in [0.25, 0.3) is 0 Å². The van der Waals surface area contributed by atoms with Crippen LogP contribution in [0.5, 0.6) is 5.75 Å². The molecule has 0 aliphatic carbocycles. The van der Waals surface area contributed by atoms with E-state index in [1.807, 2.05) is 67.6 Å². The maximum absolute atomic E-state index is 12.9. The number of nitrogens with one attached hydrogen (secondary N) is 1. The first kappa shape index (κ1) is 20.0. The van der Waals surface area contributed by atoms with Gasteiger partial charge in [0.2, 0.25) is 5.91 Å². The van der Waals surface area contributed by atoms with Crippen LogP contribution in [0, 0.1) is 6.92 Å². The van der Waals surface area contributed by atoms with E-state index in [2.05, 4.69) is 5.32 Å². The van der Waals surface area contributed by atoms with Gasteiger partial charge in [0.05, 0.1) is 18.6 Å². The Hall–Kier alpha value is -3.25. The molecule has 6 heteroatoms. The molecule has 1 saturated heterocycles. The van der Waals surface area contributed by atoms with Gasteiger partial charge in [-0.1, -0.05) is 42.5 Å². The molecule has 3 aromatic carbocycles. The summed E-state index contributed by atoms with van der Waals surface area (Å²) in [6, 6.07) is 22.5. The number of aryl methyl sites for hydroxylation is 1. The summed E-state index contributed by atoms with van der Waals surface area (Å²) in [6.45, 7) is 1.99. The van der Waals surface area contributed by atoms with Crippen molar-refractivity contribution in [3.63, 3.8) is 0 Å². The van der Waals surface area contributed by atoms with Crippen molar-refractivity contribution in [3.8, 4) is 5.75 Å². The van der Waals surface area contributed by atoms with E-state index in [1.54, 1.807) is 24.1 Å². The number of carbonyl (C=O) groups is 2. The number of nitrogens with zero attached hydrogens (tertiary/aromatic N) is 1. The topological polar surface area (TPSA) is 58.6 Å². The van der Waals surface area contributed by atoms with Crippen LogP contribution in [-0.2, 0) is 4.79 Å². The summed E-state index contributed by atoms with van der Waals surface area (Å²) in [5, 5.41) is 2.75. The minimum atomic E-state index is -0.263. The maximum atomic E-state index is 12.9. The molecule has 1 fully saturated rings. The zero-order valence-corrected chi connectivity index (χ0v) is 17.6. The summed E-state index contributed by atoms with van der Waals surface area (Å²) < 4.78 is 5.53. The molecule has 1 atom stereocenters. The lowest BCUT2D eigenvalue weighted by atomic mass is 10.1. The van der Waals surface area contributed by atoms with Crippen molar-refractivity contribution >= 4 is 35.0 Å². The summed E-state index contributed by atoms with van der Waals surface area (Å²) in [5.41, 5.74) is 3.93. The molecule has 5 nitrogen and oxygen atoms in total. The fourth-order valence-corrected chi connectivity index (χ4v) is 4.72. The van der Waals surface area contributed by atoms with E-state index in [4.69, 9.17) is 4.74 Å². The lowest BCUT2D eigenvalue weighted by Gasteiger charge is -2.27. The SMILES string of the molecule is COc1ccc(C)cc1N1C(=O)CSC1c1ccccc1NC(=O)c1ccccc1. The third-order valence-electron chi connectivity index (χ3n) is 4.97. The Bertz CT molecular complexity index is 1080. The van der Waals surface area contributed by atoms with Crippen LogP contribution in [-0.4, -0.2) is 24.7 Å². The highest BCUT2D eigenvalue weighted by Gasteiger charge is 2.37. The summed E-state index contributed by atoms with van der Waals surface area (Å²) >= 11 is 1.54. The molecule has 1 aliphatic heterocycles. The van der Waals surface area contributed by atoms with Crippen molar-refractivity contribution in [3.05, 3.63) is 89.5 Å². The lowest BCUT2D eigenvalue weighted by molar-refractivity contribution is -0.115. The highest BCUT2D eigenvalue weighted by molar-refractivity contribution is 8.00. The average molecular weight is 419 g/mol. The molecule has 1 heterocycles. The zero-order chi connectivity index (χ0) is 21.1. The number of para-hydroxylation sites is 1. The van der Waals surface area contributed by atoms with Crippen LogP contribution in [0.1, 0.15) is 26.9 Å². The number of amides is 2. The fourth-order valence-electron chi connectivity index (χ4n) is 3.51. The Morgan fingerprint density at radius 3 is 2.57 bits per heavy atom. The van der Waals surface area contributed by atoms with Gasteiger partial charge in [-0.3, -0.25) is 14.5 Å². The summed E-state index contributed by atoms with van der Waals surface area (Å²) in [7, 11) is 1.60. The van der Waals surface area contributed by atoms with E-state index in [0.717, 1.165) is 16.8 Å². The first-order chi connectivity index (χ1) is 14.6. The molecule has 30 heavy (non-hydrogen) atoms. The predicted octanol–water partition coefficient (Wildman–Crippen LogP) is 5.03. The molecule has 4 rings (SSSR count). The normalized spacial score (nSPS) is 15.9. The summed E-state index contributed by atoms with van der Waals surface area (Å²) in [5.74, 6) is 0.838. The van der Waals surface area contributed by atoms with Crippen LogP contribution >= 0.6 is 11.8 Å². The Labute approximate surface area is 180 Å². The Balaban J connectivity index is 1.71. The van der Waals surface area contributed by atoms with Gasteiger partial charge in [-0.05, 0) is 42.8 Å². The third kappa shape index (κ3) is 3.91. The van der Waals surface area contributed by atoms with E-state index in [1.165, 1.54) is 11.8 Å². The van der Waals surface area contributed by atoms with E-state index < -0.39 is 0 Å². The second-order valence-corrected chi connectivity index (χ2v) is 8.08. The molecule has 0 radical (unpaired) electrons. The second-order valence-electron chi connectivity index (χ2n) is 7.01. The van der Waals surface area contributed by atoms with E-state index in [0.29, 0.717) is 22.8 Å². The van der Waals surface area contributed by atoms with Crippen molar-refractivity contribution in [2.75, 3.05) is 23.1 Å². The predicted molar refractivity (Wildman–Crippen MR) is 121 cm³/mol. The van der Waals surface area contributed by atoms with Gasteiger partial charge in [0.25, 0.3) is 5.91 Å². The molecule has 152 valence electrons. The Morgan fingerprint density at radius 1 is 1.07 bits per heavy atom. The van der Waals surface area contributed by atoms with Crippen molar-refractivity contribution in [2.45, 2.75) is 12.3 Å². The number of rotatable bonds is 5. The van der Waals surface area contributed by atoms with Gasteiger partial charge in [0.1, 0.15) is 11.1 Å². The van der Waals surface area contributed by atoms with Crippen LogP contribution in [0.4, 0.5) is 11.4 Å². The van der Waals surface area contributed by atoms with Crippen LogP contribution in [0.3, 0.4) is 0 Å². The minimum Gasteiger partial charge on any atom is -0.495 e. The zero-order valence-electron chi connectivity index (χ0n) is 16.8. The molecule has 0 saturated carbocycles. The number of carbonyl (C=O) groups excluding carboxylic acids is 2. The molecule has 0 bridgehead atoms. The molecule has 3 aromatic rings. The fraction of sp³-hybridized carbons (Fsp3) is 0.167. The first-order valence-electron chi connectivity index (χ1n) is 9.62. The van der Waals surface area contributed by atoms with Crippen molar-refractivity contribution < 1.29 is 14.3 Å². The Morgan fingerprint density at radius 2 is 1.80 bits per heavy atom. The second kappa shape index (κ2) is 8.63. The van der Waals surface area contributed by atoms with Crippen molar-refractivity contribution in [1.82, 2.24) is 0 Å². The number of anilines is 2. The van der Waals surface area contributed by atoms with Crippen LogP contribution in [0.2, 0.25) is 0 Å². The van der Waals surface area contributed by atoms with Gasteiger partial charge in [-0.2, -0.15) is 0 Å². The van der Waals surface area contributed by atoms with Crippen LogP contribution < -0.4 is 15.0 Å². The molecule has 1 unspecified atom stereocenters. The molecular formula is C24H22N2O3S. The average Bonchev–Trinajstić information content (AvgIpc) is 3.15.